The van der Waals surface area contributed by atoms with Gasteiger partial charge in [-0.05, 0) is 18.1 Å². The minimum Gasteiger partial charge on any atom is -0.457 e. The molecule has 1 N–H and O–H groups in total. The molecule has 0 aromatic carbocycles. The van der Waals surface area contributed by atoms with Crippen LogP contribution in [0.5, 0.6) is 0 Å². The van der Waals surface area contributed by atoms with E-state index in [-0.39, 0.29) is 6.10 Å². The lowest BCUT2D eigenvalue weighted by molar-refractivity contribution is 0.109. The third-order valence-electron chi connectivity index (χ3n) is 2.83. The van der Waals surface area contributed by atoms with E-state index in [4.69, 9.17) is 4.42 Å². The molecule has 2 rings (SSSR count). The standard InChI is InChI=1S/C11H15NO3/c1-8-4-12(6-11(8)14)5-9-2-3-10(7-13)15-9/h2-3,7-8,11,14H,4-6H2,1H3. The minimum atomic E-state index is -0.245. The monoisotopic (exact) mass is 209 g/mol. The number of furan rings is 1. The highest BCUT2D eigenvalue weighted by atomic mass is 16.3. The Bertz CT molecular complexity index is 337. The van der Waals surface area contributed by atoms with Crippen LogP contribution in [-0.4, -0.2) is 35.5 Å². The fourth-order valence-corrected chi connectivity index (χ4v) is 1.94. The lowest BCUT2D eigenvalue weighted by Crippen LogP contribution is -2.21. The number of carbonyl (C=O) groups excluding carboxylic acids is 1. The summed E-state index contributed by atoms with van der Waals surface area (Å²) in [6.07, 6.45) is 0.454. The molecule has 2 heterocycles. The maximum Gasteiger partial charge on any atom is 0.185 e. The number of aliphatic hydroxyl groups excluding tert-OH is 1. The first kappa shape index (κ1) is 10.4. The van der Waals surface area contributed by atoms with Crippen LogP contribution in [0.3, 0.4) is 0 Å². The summed E-state index contributed by atoms with van der Waals surface area (Å²) in [4.78, 5) is 12.5. The van der Waals surface area contributed by atoms with Crippen LogP contribution in [0.4, 0.5) is 0 Å². The molecule has 0 bridgehead atoms. The smallest absolute Gasteiger partial charge is 0.185 e. The fraction of sp³-hybridized carbons (Fsp3) is 0.545. The summed E-state index contributed by atoms with van der Waals surface area (Å²) in [5.41, 5.74) is 0. The van der Waals surface area contributed by atoms with Gasteiger partial charge in [0, 0.05) is 13.1 Å². The van der Waals surface area contributed by atoms with Crippen LogP contribution >= 0.6 is 0 Å². The molecule has 0 amide bonds. The summed E-state index contributed by atoms with van der Waals surface area (Å²) in [5.74, 6) is 1.45. The summed E-state index contributed by atoms with van der Waals surface area (Å²) in [6.45, 7) is 4.25. The molecule has 4 nitrogen and oxygen atoms in total. The highest BCUT2D eigenvalue weighted by Crippen LogP contribution is 2.19. The van der Waals surface area contributed by atoms with Crippen molar-refractivity contribution in [3.05, 3.63) is 23.7 Å². The second-order valence-electron chi connectivity index (χ2n) is 4.16. The van der Waals surface area contributed by atoms with Crippen LogP contribution < -0.4 is 0 Å². The van der Waals surface area contributed by atoms with Crippen molar-refractivity contribution in [2.45, 2.75) is 19.6 Å². The molecule has 1 aromatic rings. The average molecular weight is 209 g/mol. The van der Waals surface area contributed by atoms with Crippen molar-refractivity contribution in [1.82, 2.24) is 4.90 Å². The van der Waals surface area contributed by atoms with Gasteiger partial charge in [-0.3, -0.25) is 9.69 Å². The van der Waals surface area contributed by atoms with Gasteiger partial charge in [-0.2, -0.15) is 0 Å². The highest BCUT2D eigenvalue weighted by Gasteiger charge is 2.27. The third kappa shape index (κ3) is 2.27. The maximum atomic E-state index is 10.4. The Balaban J connectivity index is 1.95. The van der Waals surface area contributed by atoms with Crippen molar-refractivity contribution in [2.24, 2.45) is 5.92 Å². The van der Waals surface area contributed by atoms with Crippen LogP contribution in [0.25, 0.3) is 0 Å². The first-order chi connectivity index (χ1) is 7.19. The van der Waals surface area contributed by atoms with Gasteiger partial charge in [0.1, 0.15) is 5.76 Å². The normalized spacial score (nSPS) is 27.1. The lowest BCUT2D eigenvalue weighted by atomic mass is 10.1. The SMILES string of the molecule is CC1CN(Cc2ccc(C=O)o2)CC1O. The number of β-amino-alcohol motifs (C(OH)–C–C–N with tert-alkyl or cyclic N) is 1. The Kier molecular flexibility index (Phi) is 2.88. The molecule has 82 valence electrons. The number of aldehydes is 1. The number of likely N-dealkylation sites (tertiary alicyclic amines) is 1. The van der Waals surface area contributed by atoms with Crippen LogP contribution in [0, 0.1) is 5.92 Å². The zero-order chi connectivity index (χ0) is 10.8. The highest BCUT2D eigenvalue weighted by molar-refractivity contribution is 5.70. The van der Waals surface area contributed by atoms with Gasteiger partial charge in [0.05, 0.1) is 12.6 Å². The van der Waals surface area contributed by atoms with Crippen LogP contribution in [0.15, 0.2) is 16.5 Å². The first-order valence-electron chi connectivity index (χ1n) is 5.13. The van der Waals surface area contributed by atoms with Gasteiger partial charge in [0.2, 0.25) is 0 Å². The molecule has 0 radical (unpaired) electrons. The number of hydrogen-bond acceptors (Lipinski definition) is 4. The van der Waals surface area contributed by atoms with Crippen LogP contribution in [0.1, 0.15) is 23.2 Å². The van der Waals surface area contributed by atoms with Crippen molar-refractivity contribution in [3.8, 4) is 0 Å². The van der Waals surface area contributed by atoms with E-state index in [1.165, 1.54) is 0 Å². The van der Waals surface area contributed by atoms with E-state index < -0.39 is 0 Å². The molecule has 2 unspecified atom stereocenters. The molecular formula is C11H15NO3. The van der Waals surface area contributed by atoms with Crippen molar-refractivity contribution >= 4 is 6.29 Å². The Morgan fingerprint density at radius 2 is 2.40 bits per heavy atom. The van der Waals surface area contributed by atoms with Gasteiger partial charge in [0.25, 0.3) is 0 Å². The number of rotatable bonds is 3. The molecule has 1 saturated heterocycles. The largest absolute Gasteiger partial charge is 0.457 e. The molecule has 1 fully saturated rings. The van der Waals surface area contributed by atoms with Crippen molar-refractivity contribution in [1.29, 1.82) is 0 Å². The van der Waals surface area contributed by atoms with Crippen LogP contribution in [-0.2, 0) is 6.54 Å². The average Bonchev–Trinajstić information content (AvgIpc) is 2.76. The van der Waals surface area contributed by atoms with E-state index in [0.29, 0.717) is 31.1 Å². The summed E-state index contributed by atoms with van der Waals surface area (Å²) in [5, 5.41) is 9.57. The molecule has 4 heteroatoms. The van der Waals surface area contributed by atoms with Gasteiger partial charge in [-0.25, -0.2) is 0 Å². The summed E-state index contributed by atoms with van der Waals surface area (Å²) >= 11 is 0. The molecular weight excluding hydrogens is 194 g/mol. The van der Waals surface area contributed by atoms with Gasteiger partial charge in [-0.15, -0.1) is 0 Å². The Labute approximate surface area is 88.5 Å². The molecule has 1 aromatic heterocycles. The molecule has 0 saturated carbocycles. The second-order valence-corrected chi connectivity index (χ2v) is 4.16. The van der Waals surface area contributed by atoms with Crippen molar-refractivity contribution < 1.29 is 14.3 Å². The molecule has 15 heavy (non-hydrogen) atoms. The van der Waals surface area contributed by atoms with Gasteiger partial charge >= 0.3 is 0 Å². The number of nitrogens with zero attached hydrogens (tertiary/aromatic N) is 1. The van der Waals surface area contributed by atoms with E-state index in [0.717, 1.165) is 12.3 Å². The maximum absolute atomic E-state index is 10.4. The number of hydrogen-bond donors (Lipinski definition) is 1. The predicted octanol–water partition coefficient (Wildman–Crippen LogP) is 0.905. The molecule has 0 aliphatic carbocycles. The Morgan fingerprint density at radius 1 is 1.60 bits per heavy atom. The van der Waals surface area contributed by atoms with E-state index in [2.05, 4.69) is 4.90 Å². The van der Waals surface area contributed by atoms with E-state index >= 15 is 0 Å². The zero-order valence-electron chi connectivity index (χ0n) is 8.72. The topological polar surface area (TPSA) is 53.7 Å². The van der Waals surface area contributed by atoms with Crippen LogP contribution in [0.2, 0.25) is 0 Å². The molecule has 2 atom stereocenters. The molecule has 1 aliphatic heterocycles. The summed E-state index contributed by atoms with van der Waals surface area (Å²) in [7, 11) is 0. The summed E-state index contributed by atoms with van der Waals surface area (Å²) < 4.78 is 5.27. The summed E-state index contributed by atoms with van der Waals surface area (Å²) in [6, 6.07) is 3.47. The van der Waals surface area contributed by atoms with E-state index in [9.17, 15) is 9.90 Å². The second kappa shape index (κ2) is 4.16. The molecule has 0 spiro atoms. The van der Waals surface area contributed by atoms with Gasteiger partial charge < -0.3 is 9.52 Å². The Morgan fingerprint density at radius 3 is 2.93 bits per heavy atom. The van der Waals surface area contributed by atoms with Crippen molar-refractivity contribution in [3.63, 3.8) is 0 Å². The molecule has 1 aliphatic rings. The minimum absolute atomic E-state index is 0.245. The van der Waals surface area contributed by atoms with E-state index in [1.807, 2.05) is 6.92 Å². The first-order valence-corrected chi connectivity index (χ1v) is 5.13. The fourth-order valence-electron chi connectivity index (χ4n) is 1.94. The lowest BCUT2D eigenvalue weighted by Gasteiger charge is -2.12. The van der Waals surface area contributed by atoms with Gasteiger partial charge in [-0.1, -0.05) is 6.92 Å². The number of aliphatic hydroxyl groups is 1. The number of carbonyl (C=O) groups is 1. The Hall–Kier alpha value is -1.13. The predicted molar refractivity (Wildman–Crippen MR) is 54.5 cm³/mol. The van der Waals surface area contributed by atoms with Crippen molar-refractivity contribution in [2.75, 3.05) is 13.1 Å². The van der Waals surface area contributed by atoms with E-state index in [1.54, 1.807) is 12.1 Å². The zero-order valence-corrected chi connectivity index (χ0v) is 8.72. The third-order valence-corrected chi connectivity index (χ3v) is 2.83. The van der Waals surface area contributed by atoms with Gasteiger partial charge in [0.15, 0.2) is 12.0 Å². The quantitative estimate of drug-likeness (QED) is 0.752.